The number of hydrogen-bond donors (Lipinski definition) is 1. The maximum absolute atomic E-state index is 12.1. The Balaban J connectivity index is 1.30. The van der Waals surface area contributed by atoms with Crippen LogP contribution in [0.25, 0.3) is 11.5 Å². The smallest absolute Gasteiger partial charge is 0.277 e. The number of fused-ring (bicyclic) bond motifs is 2. The number of benzene rings is 1. The zero-order valence-electron chi connectivity index (χ0n) is 13.1. The molecule has 2 saturated carbocycles. The molecule has 1 N–H and O–H groups in total. The first kappa shape index (κ1) is 16.0. The summed E-state index contributed by atoms with van der Waals surface area (Å²) in [5.41, 5.74) is 0.810. The van der Waals surface area contributed by atoms with Crippen molar-refractivity contribution in [3.8, 4) is 11.5 Å². The number of nitrogens with zero attached hydrogens (tertiary/aromatic N) is 2. The van der Waals surface area contributed by atoms with Crippen molar-refractivity contribution >= 4 is 29.3 Å². The number of hydrogen-bond acceptors (Lipinski definition) is 5. The summed E-state index contributed by atoms with van der Waals surface area (Å²) in [4.78, 5) is 12.1. The molecule has 7 heteroatoms. The SMILES string of the molecule is O=C(CSc1nnc(-c2ccc(Cl)cc2)o1)N[C@H]1C[C@@H]2CC[C@@H]1C2. The molecule has 2 bridgehead atoms. The highest BCUT2D eigenvalue weighted by molar-refractivity contribution is 7.99. The quantitative estimate of drug-likeness (QED) is 0.818. The second kappa shape index (κ2) is 6.76. The molecule has 1 amide bonds. The number of aromatic nitrogens is 2. The standard InChI is InChI=1S/C17H18ClN3O2S/c18-13-5-3-11(4-6-13)16-20-21-17(23-16)24-9-15(22)19-14-8-10-1-2-12(14)7-10/h3-6,10,12,14H,1-2,7-9H2,(H,19,22)/t10-,12-,14+/m1/s1. The van der Waals surface area contributed by atoms with Gasteiger partial charge in [-0.05, 0) is 55.4 Å². The van der Waals surface area contributed by atoms with Crippen LogP contribution in [0.5, 0.6) is 0 Å². The number of amides is 1. The van der Waals surface area contributed by atoms with E-state index in [-0.39, 0.29) is 5.91 Å². The zero-order chi connectivity index (χ0) is 16.5. The third-order valence-corrected chi connectivity index (χ3v) is 5.98. The molecule has 0 aliphatic heterocycles. The van der Waals surface area contributed by atoms with Gasteiger partial charge < -0.3 is 9.73 Å². The third kappa shape index (κ3) is 3.44. The molecule has 24 heavy (non-hydrogen) atoms. The fourth-order valence-corrected chi connectivity index (χ4v) is 4.47. The molecule has 3 atom stereocenters. The van der Waals surface area contributed by atoms with Crippen molar-refractivity contribution < 1.29 is 9.21 Å². The Morgan fingerprint density at radius 3 is 2.79 bits per heavy atom. The number of carbonyl (C=O) groups excluding carboxylic acids is 1. The van der Waals surface area contributed by atoms with E-state index in [1.807, 2.05) is 12.1 Å². The summed E-state index contributed by atoms with van der Waals surface area (Å²) in [6.45, 7) is 0. The van der Waals surface area contributed by atoms with Crippen molar-refractivity contribution in [2.45, 2.75) is 36.9 Å². The minimum atomic E-state index is 0.0452. The Hall–Kier alpha value is -1.53. The van der Waals surface area contributed by atoms with Crippen LogP contribution in [0.4, 0.5) is 0 Å². The number of halogens is 1. The lowest BCUT2D eigenvalue weighted by Crippen LogP contribution is -2.39. The Morgan fingerprint density at radius 2 is 2.08 bits per heavy atom. The average molecular weight is 364 g/mol. The highest BCUT2D eigenvalue weighted by Crippen LogP contribution is 2.44. The number of carbonyl (C=O) groups is 1. The van der Waals surface area contributed by atoms with Crippen LogP contribution in [-0.2, 0) is 4.79 Å². The predicted octanol–water partition coefficient (Wildman–Crippen LogP) is 3.79. The van der Waals surface area contributed by atoms with Gasteiger partial charge in [-0.2, -0.15) is 0 Å². The summed E-state index contributed by atoms with van der Waals surface area (Å²) in [7, 11) is 0. The second-order valence-corrected chi connectivity index (χ2v) is 7.88. The van der Waals surface area contributed by atoms with Crippen LogP contribution < -0.4 is 5.32 Å². The molecule has 0 saturated heterocycles. The Bertz CT molecular complexity index is 734. The van der Waals surface area contributed by atoms with E-state index in [9.17, 15) is 4.79 Å². The predicted molar refractivity (Wildman–Crippen MR) is 92.8 cm³/mol. The van der Waals surface area contributed by atoms with Gasteiger partial charge in [-0.15, -0.1) is 10.2 Å². The van der Waals surface area contributed by atoms with E-state index in [1.165, 1.54) is 31.0 Å². The molecule has 4 rings (SSSR count). The fraction of sp³-hybridized carbons (Fsp3) is 0.471. The molecule has 1 aromatic heterocycles. The van der Waals surface area contributed by atoms with E-state index in [0.717, 1.165) is 17.9 Å². The zero-order valence-corrected chi connectivity index (χ0v) is 14.6. The van der Waals surface area contributed by atoms with E-state index < -0.39 is 0 Å². The molecule has 2 aliphatic carbocycles. The summed E-state index contributed by atoms with van der Waals surface area (Å²) in [6, 6.07) is 7.56. The third-order valence-electron chi connectivity index (χ3n) is 4.91. The first-order valence-corrected chi connectivity index (χ1v) is 9.55. The van der Waals surface area contributed by atoms with Crippen LogP contribution in [-0.4, -0.2) is 27.9 Å². The maximum atomic E-state index is 12.1. The monoisotopic (exact) mass is 363 g/mol. The van der Waals surface area contributed by atoms with E-state index in [0.29, 0.717) is 33.8 Å². The number of thioether (sulfide) groups is 1. The van der Waals surface area contributed by atoms with Crippen molar-refractivity contribution in [1.29, 1.82) is 0 Å². The molecule has 2 fully saturated rings. The first-order valence-electron chi connectivity index (χ1n) is 8.19. The summed E-state index contributed by atoms with van der Waals surface area (Å²) in [5, 5.41) is 12.2. The number of rotatable bonds is 5. The molecule has 0 radical (unpaired) electrons. The highest BCUT2D eigenvalue weighted by Gasteiger charge is 2.40. The van der Waals surface area contributed by atoms with E-state index in [2.05, 4.69) is 15.5 Å². The normalized spacial score (nSPS) is 25.1. The van der Waals surface area contributed by atoms with Crippen molar-refractivity contribution in [2.24, 2.45) is 11.8 Å². The Kier molecular flexibility index (Phi) is 4.50. The molecule has 2 aliphatic rings. The topological polar surface area (TPSA) is 68.0 Å². The molecule has 0 spiro atoms. The van der Waals surface area contributed by atoms with Gasteiger partial charge in [0.1, 0.15) is 0 Å². The van der Waals surface area contributed by atoms with Crippen molar-refractivity contribution in [3.05, 3.63) is 29.3 Å². The van der Waals surface area contributed by atoms with Gasteiger partial charge in [-0.25, -0.2) is 0 Å². The van der Waals surface area contributed by atoms with Gasteiger partial charge in [-0.1, -0.05) is 29.8 Å². The van der Waals surface area contributed by atoms with Crippen molar-refractivity contribution in [3.63, 3.8) is 0 Å². The van der Waals surface area contributed by atoms with Crippen LogP contribution >= 0.6 is 23.4 Å². The van der Waals surface area contributed by atoms with Gasteiger partial charge in [0.15, 0.2) is 0 Å². The largest absolute Gasteiger partial charge is 0.411 e. The summed E-state index contributed by atoms with van der Waals surface area (Å²) in [5.74, 6) is 2.29. The molecule has 0 unspecified atom stereocenters. The van der Waals surface area contributed by atoms with E-state index >= 15 is 0 Å². The van der Waals surface area contributed by atoms with Crippen LogP contribution in [0.2, 0.25) is 5.02 Å². The molecule has 126 valence electrons. The van der Waals surface area contributed by atoms with E-state index in [4.69, 9.17) is 16.0 Å². The minimum absolute atomic E-state index is 0.0452. The van der Waals surface area contributed by atoms with Gasteiger partial charge in [-0.3, -0.25) is 4.79 Å². The Labute approximate surface area is 149 Å². The Morgan fingerprint density at radius 1 is 1.25 bits per heavy atom. The minimum Gasteiger partial charge on any atom is -0.411 e. The van der Waals surface area contributed by atoms with Gasteiger partial charge in [0.25, 0.3) is 5.22 Å². The van der Waals surface area contributed by atoms with Crippen LogP contribution in [0, 0.1) is 11.8 Å². The molecular weight excluding hydrogens is 346 g/mol. The van der Waals surface area contributed by atoms with Crippen LogP contribution in [0.1, 0.15) is 25.7 Å². The lowest BCUT2D eigenvalue weighted by Gasteiger charge is -2.22. The van der Waals surface area contributed by atoms with Gasteiger partial charge in [0, 0.05) is 16.6 Å². The fourth-order valence-electron chi connectivity index (χ4n) is 3.77. The van der Waals surface area contributed by atoms with Crippen molar-refractivity contribution in [2.75, 3.05) is 5.75 Å². The van der Waals surface area contributed by atoms with Gasteiger partial charge in [0.2, 0.25) is 11.8 Å². The lowest BCUT2D eigenvalue weighted by atomic mass is 9.95. The average Bonchev–Trinajstić information content (AvgIpc) is 3.30. The van der Waals surface area contributed by atoms with Crippen LogP contribution in [0.3, 0.4) is 0 Å². The number of nitrogens with one attached hydrogen (secondary N) is 1. The van der Waals surface area contributed by atoms with Gasteiger partial charge >= 0.3 is 0 Å². The summed E-state index contributed by atoms with van der Waals surface area (Å²) < 4.78 is 5.60. The second-order valence-electron chi connectivity index (χ2n) is 6.52. The van der Waals surface area contributed by atoms with Gasteiger partial charge in [0.05, 0.1) is 5.75 Å². The molecule has 5 nitrogen and oxygen atoms in total. The summed E-state index contributed by atoms with van der Waals surface area (Å²) >= 11 is 7.14. The van der Waals surface area contributed by atoms with Crippen molar-refractivity contribution in [1.82, 2.24) is 15.5 Å². The highest BCUT2D eigenvalue weighted by atomic mass is 35.5. The first-order chi connectivity index (χ1) is 11.7. The molecular formula is C17H18ClN3O2S. The molecule has 1 heterocycles. The maximum Gasteiger partial charge on any atom is 0.277 e. The molecule has 1 aromatic carbocycles. The lowest BCUT2D eigenvalue weighted by molar-refractivity contribution is -0.119. The molecule has 2 aromatic rings. The summed E-state index contributed by atoms with van der Waals surface area (Å²) in [6.07, 6.45) is 5.02. The van der Waals surface area contributed by atoms with Crippen LogP contribution in [0.15, 0.2) is 33.9 Å². The van der Waals surface area contributed by atoms with E-state index in [1.54, 1.807) is 12.1 Å².